The van der Waals surface area contributed by atoms with Gasteiger partial charge in [-0.3, -0.25) is 14.5 Å². The summed E-state index contributed by atoms with van der Waals surface area (Å²) in [6, 6.07) is 7.36. The van der Waals surface area contributed by atoms with Crippen LogP contribution in [0.15, 0.2) is 53.8 Å². The molecular weight excluding hydrogens is 418 g/mol. The SMILES string of the molecule is Cn1cc(Cn2cc(C(=O)O)c(=O)c3cc(Cl)c(N4Cc5cccnc5C4)cc32)cn1. The lowest BCUT2D eigenvalue weighted by molar-refractivity contribution is 0.0695. The van der Waals surface area contributed by atoms with Gasteiger partial charge in [0.2, 0.25) is 5.43 Å². The van der Waals surface area contributed by atoms with Crippen molar-refractivity contribution in [3.8, 4) is 0 Å². The molecule has 0 atom stereocenters. The number of carboxylic acid groups (broad SMARTS) is 1. The summed E-state index contributed by atoms with van der Waals surface area (Å²) >= 11 is 6.57. The molecule has 3 aromatic heterocycles. The number of pyridine rings is 2. The molecule has 0 radical (unpaired) electrons. The summed E-state index contributed by atoms with van der Waals surface area (Å²) in [5.41, 5.74) is 3.55. The first kappa shape index (κ1) is 19.3. The number of hydrogen-bond acceptors (Lipinski definition) is 5. The molecular formula is C22H18ClN5O3. The van der Waals surface area contributed by atoms with Crippen molar-refractivity contribution >= 4 is 34.2 Å². The van der Waals surface area contributed by atoms with E-state index in [2.05, 4.69) is 15.0 Å². The molecule has 4 heterocycles. The Labute approximate surface area is 181 Å². The van der Waals surface area contributed by atoms with Crippen molar-refractivity contribution in [3.63, 3.8) is 0 Å². The average molecular weight is 436 g/mol. The Morgan fingerprint density at radius 3 is 2.81 bits per heavy atom. The number of rotatable bonds is 4. The van der Waals surface area contributed by atoms with Crippen LogP contribution in [0.4, 0.5) is 5.69 Å². The summed E-state index contributed by atoms with van der Waals surface area (Å²) in [5.74, 6) is -1.27. The van der Waals surface area contributed by atoms with Gasteiger partial charge < -0.3 is 14.6 Å². The largest absolute Gasteiger partial charge is 0.477 e. The molecule has 0 saturated heterocycles. The molecule has 31 heavy (non-hydrogen) atoms. The van der Waals surface area contributed by atoms with Gasteiger partial charge >= 0.3 is 5.97 Å². The molecule has 4 aromatic rings. The molecule has 0 spiro atoms. The number of aromatic nitrogens is 4. The maximum atomic E-state index is 12.8. The number of halogens is 1. The molecule has 0 unspecified atom stereocenters. The van der Waals surface area contributed by atoms with Gasteiger partial charge in [0.05, 0.1) is 41.2 Å². The van der Waals surface area contributed by atoms with Crippen LogP contribution in [0, 0.1) is 0 Å². The second-order valence-electron chi connectivity index (χ2n) is 7.61. The topological polar surface area (TPSA) is 93.2 Å². The molecule has 156 valence electrons. The van der Waals surface area contributed by atoms with Gasteiger partial charge in [-0.1, -0.05) is 17.7 Å². The van der Waals surface area contributed by atoms with Crippen LogP contribution in [-0.4, -0.2) is 30.4 Å². The highest BCUT2D eigenvalue weighted by atomic mass is 35.5. The zero-order valence-electron chi connectivity index (χ0n) is 16.6. The Kier molecular flexibility index (Phi) is 4.51. The van der Waals surface area contributed by atoms with E-state index in [4.69, 9.17) is 11.6 Å². The minimum Gasteiger partial charge on any atom is -0.477 e. The van der Waals surface area contributed by atoms with E-state index in [1.807, 2.05) is 31.4 Å². The van der Waals surface area contributed by atoms with Gasteiger partial charge in [-0.05, 0) is 23.8 Å². The Morgan fingerprint density at radius 1 is 1.26 bits per heavy atom. The number of aryl methyl sites for hydroxylation is 1. The lowest BCUT2D eigenvalue weighted by Gasteiger charge is -2.21. The van der Waals surface area contributed by atoms with Crippen molar-refractivity contribution in [2.45, 2.75) is 19.6 Å². The van der Waals surface area contributed by atoms with Gasteiger partial charge in [-0.15, -0.1) is 0 Å². The zero-order valence-corrected chi connectivity index (χ0v) is 17.4. The molecule has 1 aliphatic heterocycles. The van der Waals surface area contributed by atoms with Crippen LogP contribution in [0.25, 0.3) is 10.9 Å². The van der Waals surface area contributed by atoms with E-state index in [-0.39, 0.29) is 10.9 Å². The van der Waals surface area contributed by atoms with Crippen molar-refractivity contribution in [1.29, 1.82) is 0 Å². The highest BCUT2D eigenvalue weighted by Gasteiger charge is 2.24. The van der Waals surface area contributed by atoms with Crippen LogP contribution in [0.2, 0.25) is 5.02 Å². The monoisotopic (exact) mass is 435 g/mol. The first-order valence-corrected chi connectivity index (χ1v) is 10.0. The predicted octanol–water partition coefficient (Wildman–Crippen LogP) is 3.05. The number of hydrogen-bond donors (Lipinski definition) is 1. The standard InChI is InChI=1S/C22H18ClN5O3/c1-26-8-13(7-25-26)9-27-11-16(22(30)31)21(29)15-5-17(23)20(6-19(15)27)28-10-14-3-2-4-24-18(14)12-28/h2-8,11H,9-10,12H2,1H3,(H,30,31). The maximum Gasteiger partial charge on any atom is 0.341 e. The van der Waals surface area contributed by atoms with Gasteiger partial charge in [-0.2, -0.15) is 5.10 Å². The second kappa shape index (κ2) is 7.24. The van der Waals surface area contributed by atoms with Crippen LogP contribution < -0.4 is 10.3 Å². The summed E-state index contributed by atoms with van der Waals surface area (Å²) in [7, 11) is 1.81. The first-order valence-electron chi connectivity index (χ1n) is 9.66. The molecule has 0 bridgehead atoms. The minimum absolute atomic E-state index is 0.271. The van der Waals surface area contributed by atoms with Crippen molar-refractivity contribution in [2.24, 2.45) is 7.05 Å². The van der Waals surface area contributed by atoms with Gasteiger partial charge in [0.15, 0.2) is 0 Å². The molecule has 1 N–H and O–H groups in total. The molecule has 1 aromatic carbocycles. The molecule has 8 nitrogen and oxygen atoms in total. The third kappa shape index (κ3) is 3.34. The summed E-state index contributed by atoms with van der Waals surface area (Å²) in [4.78, 5) is 31.1. The summed E-state index contributed by atoms with van der Waals surface area (Å²) in [6.07, 6.45) is 6.72. The van der Waals surface area contributed by atoms with Crippen molar-refractivity contribution in [2.75, 3.05) is 4.90 Å². The fourth-order valence-corrected chi connectivity index (χ4v) is 4.33. The number of nitrogens with zero attached hydrogens (tertiary/aromatic N) is 5. The van der Waals surface area contributed by atoms with Gasteiger partial charge in [0.1, 0.15) is 5.56 Å². The lowest BCUT2D eigenvalue weighted by atomic mass is 10.1. The fourth-order valence-electron chi connectivity index (χ4n) is 4.05. The summed E-state index contributed by atoms with van der Waals surface area (Å²) in [6.45, 7) is 1.64. The van der Waals surface area contributed by atoms with E-state index < -0.39 is 11.4 Å². The van der Waals surface area contributed by atoms with Crippen molar-refractivity contribution < 1.29 is 9.90 Å². The van der Waals surface area contributed by atoms with Crippen LogP contribution in [-0.2, 0) is 26.7 Å². The molecule has 0 saturated carbocycles. The van der Waals surface area contributed by atoms with Crippen molar-refractivity contribution in [3.05, 3.63) is 86.7 Å². The zero-order chi connectivity index (χ0) is 21.7. The van der Waals surface area contributed by atoms with E-state index in [0.29, 0.717) is 30.2 Å². The highest BCUT2D eigenvalue weighted by Crippen LogP contribution is 2.35. The van der Waals surface area contributed by atoms with Crippen LogP contribution in [0.5, 0.6) is 0 Å². The number of carboxylic acids is 1. The third-order valence-electron chi connectivity index (χ3n) is 5.52. The van der Waals surface area contributed by atoms with Crippen LogP contribution in [0.3, 0.4) is 0 Å². The number of anilines is 1. The number of aromatic carboxylic acids is 1. The van der Waals surface area contributed by atoms with Gasteiger partial charge in [0, 0.05) is 43.1 Å². The van der Waals surface area contributed by atoms with Crippen molar-refractivity contribution in [1.82, 2.24) is 19.3 Å². The summed E-state index contributed by atoms with van der Waals surface area (Å²) < 4.78 is 3.44. The number of benzene rings is 1. The molecule has 5 rings (SSSR count). The Hall–Kier alpha value is -3.65. The van der Waals surface area contributed by atoms with Crippen LogP contribution in [0.1, 0.15) is 27.2 Å². The predicted molar refractivity (Wildman–Crippen MR) is 117 cm³/mol. The maximum absolute atomic E-state index is 12.8. The van der Waals surface area contributed by atoms with E-state index in [0.717, 1.165) is 22.5 Å². The Balaban J connectivity index is 1.67. The van der Waals surface area contributed by atoms with E-state index >= 15 is 0 Å². The first-order chi connectivity index (χ1) is 14.9. The summed E-state index contributed by atoms with van der Waals surface area (Å²) in [5, 5.41) is 14.4. The number of carbonyl (C=O) groups is 1. The Morgan fingerprint density at radius 2 is 2.10 bits per heavy atom. The second-order valence-corrected chi connectivity index (χ2v) is 8.02. The molecule has 0 aliphatic carbocycles. The molecule has 9 heteroatoms. The smallest absolute Gasteiger partial charge is 0.341 e. The van der Waals surface area contributed by atoms with E-state index in [1.165, 1.54) is 6.20 Å². The molecule has 0 amide bonds. The third-order valence-corrected chi connectivity index (χ3v) is 5.82. The Bertz CT molecular complexity index is 1380. The highest BCUT2D eigenvalue weighted by molar-refractivity contribution is 6.34. The van der Waals surface area contributed by atoms with Gasteiger partial charge in [-0.25, -0.2) is 4.79 Å². The minimum atomic E-state index is -1.27. The molecule has 0 fully saturated rings. The van der Waals surface area contributed by atoms with E-state index in [9.17, 15) is 14.7 Å². The van der Waals surface area contributed by atoms with Crippen LogP contribution >= 0.6 is 11.6 Å². The van der Waals surface area contributed by atoms with E-state index in [1.54, 1.807) is 27.7 Å². The quantitative estimate of drug-likeness (QED) is 0.529. The fraction of sp³-hybridized carbons (Fsp3) is 0.182. The molecule has 1 aliphatic rings. The average Bonchev–Trinajstić information content (AvgIpc) is 3.35. The lowest BCUT2D eigenvalue weighted by Crippen LogP contribution is -2.20. The van der Waals surface area contributed by atoms with Gasteiger partial charge in [0.25, 0.3) is 0 Å². The number of fused-ring (bicyclic) bond motifs is 2. The normalized spacial score (nSPS) is 13.0.